The Morgan fingerprint density at radius 1 is 1.08 bits per heavy atom. The van der Waals surface area contributed by atoms with Crippen LogP contribution in [0.5, 0.6) is 0 Å². The smallest absolute Gasteiger partial charge is 0.207 e. The summed E-state index contributed by atoms with van der Waals surface area (Å²) < 4.78 is 19.4. The zero-order valence-electron chi connectivity index (χ0n) is 13.1. The summed E-state index contributed by atoms with van der Waals surface area (Å²) in [5.41, 5.74) is 2.65. The maximum Gasteiger partial charge on any atom is 0.207 e. The van der Waals surface area contributed by atoms with Gasteiger partial charge in [0.2, 0.25) is 5.13 Å². The van der Waals surface area contributed by atoms with Crippen molar-refractivity contribution in [3.8, 4) is 11.4 Å². The summed E-state index contributed by atoms with van der Waals surface area (Å²) in [5, 5.41) is 8.25. The van der Waals surface area contributed by atoms with Crippen LogP contribution in [0.15, 0.2) is 67.0 Å². The van der Waals surface area contributed by atoms with E-state index in [1.54, 1.807) is 16.9 Å². The maximum absolute atomic E-state index is 13.3. The molecule has 0 spiro atoms. The van der Waals surface area contributed by atoms with Gasteiger partial charge in [-0.1, -0.05) is 30.3 Å². The molecule has 124 valence electrons. The first-order valence-electron chi connectivity index (χ1n) is 7.69. The fourth-order valence-electron chi connectivity index (χ4n) is 2.42. The van der Waals surface area contributed by atoms with Gasteiger partial charge in [0, 0.05) is 23.4 Å². The van der Waals surface area contributed by atoms with Crippen LogP contribution in [-0.2, 0) is 6.54 Å². The highest BCUT2D eigenvalue weighted by Crippen LogP contribution is 2.23. The van der Waals surface area contributed by atoms with Crippen molar-refractivity contribution in [2.75, 3.05) is 5.32 Å². The molecule has 0 saturated carbocycles. The van der Waals surface area contributed by atoms with E-state index >= 15 is 0 Å². The van der Waals surface area contributed by atoms with E-state index in [0.717, 1.165) is 21.9 Å². The quantitative estimate of drug-likeness (QED) is 0.581. The first kappa shape index (κ1) is 15.5. The molecule has 0 unspecified atom stereocenters. The summed E-state index contributed by atoms with van der Waals surface area (Å²) in [4.78, 5) is 4.49. The molecule has 4 rings (SSSR count). The number of nitrogens with one attached hydrogen (secondary N) is 1. The molecular weight excluding hydrogens is 337 g/mol. The standard InChI is InChI=1S/C18H14FN5S/c19-15-6-4-5-13(9-15)11-24-12-14(10-20-24)17-22-18(25-23-17)21-16-7-2-1-3-8-16/h1-10,12H,11H2,(H,21,22,23). The van der Waals surface area contributed by atoms with E-state index < -0.39 is 0 Å². The fraction of sp³-hybridized carbons (Fsp3) is 0.0556. The number of benzene rings is 2. The molecule has 2 aromatic carbocycles. The Balaban J connectivity index is 1.49. The molecule has 25 heavy (non-hydrogen) atoms. The summed E-state index contributed by atoms with van der Waals surface area (Å²) in [5.74, 6) is 0.372. The Hall–Kier alpha value is -3.06. The SMILES string of the molecule is Fc1cccc(Cn2cc(-c3nsc(Nc4ccccc4)n3)cn2)c1. The van der Waals surface area contributed by atoms with Gasteiger partial charge in [-0.2, -0.15) is 14.5 Å². The van der Waals surface area contributed by atoms with E-state index in [9.17, 15) is 4.39 Å². The zero-order valence-corrected chi connectivity index (χ0v) is 13.9. The van der Waals surface area contributed by atoms with Crippen LogP contribution in [-0.4, -0.2) is 19.1 Å². The van der Waals surface area contributed by atoms with Crippen LogP contribution < -0.4 is 5.32 Å². The molecule has 5 nitrogen and oxygen atoms in total. The summed E-state index contributed by atoms with van der Waals surface area (Å²) in [6.07, 6.45) is 3.58. The summed E-state index contributed by atoms with van der Waals surface area (Å²) in [7, 11) is 0. The van der Waals surface area contributed by atoms with Gasteiger partial charge >= 0.3 is 0 Å². The van der Waals surface area contributed by atoms with E-state index in [-0.39, 0.29) is 5.82 Å². The topological polar surface area (TPSA) is 55.6 Å². The van der Waals surface area contributed by atoms with Crippen molar-refractivity contribution in [2.45, 2.75) is 6.54 Å². The third-order valence-electron chi connectivity index (χ3n) is 3.58. The van der Waals surface area contributed by atoms with Gasteiger partial charge in [-0.3, -0.25) is 4.68 Å². The van der Waals surface area contributed by atoms with E-state index in [2.05, 4.69) is 19.8 Å². The molecule has 2 heterocycles. The van der Waals surface area contributed by atoms with E-state index in [4.69, 9.17) is 0 Å². The first-order valence-corrected chi connectivity index (χ1v) is 8.47. The van der Waals surface area contributed by atoms with Crippen LogP contribution in [0.2, 0.25) is 0 Å². The lowest BCUT2D eigenvalue weighted by molar-refractivity contribution is 0.619. The van der Waals surface area contributed by atoms with Crippen molar-refractivity contribution in [2.24, 2.45) is 0 Å². The summed E-state index contributed by atoms with van der Waals surface area (Å²) in [6, 6.07) is 16.3. The molecule has 0 atom stereocenters. The molecular formula is C18H14FN5S. The molecule has 7 heteroatoms. The average Bonchev–Trinajstić information content (AvgIpc) is 3.25. The monoisotopic (exact) mass is 351 g/mol. The lowest BCUT2D eigenvalue weighted by atomic mass is 10.2. The van der Waals surface area contributed by atoms with Gasteiger partial charge in [0.15, 0.2) is 5.82 Å². The predicted molar refractivity (Wildman–Crippen MR) is 96.4 cm³/mol. The lowest BCUT2D eigenvalue weighted by Crippen LogP contribution is -1.99. The van der Waals surface area contributed by atoms with Crippen molar-refractivity contribution in [3.05, 3.63) is 78.4 Å². The number of aromatic nitrogens is 4. The third-order valence-corrected chi connectivity index (χ3v) is 4.21. The summed E-state index contributed by atoms with van der Waals surface area (Å²) in [6.45, 7) is 0.497. The predicted octanol–water partition coefficient (Wildman–Crippen LogP) is 4.33. The van der Waals surface area contributed by atoms with Crippen molar-refractivity contribution in [1.29, 1.82) is 0 Å². The third kappa shape index (κ3) is 3.72. The lowest BCUT2D eigenvalue weighted by Gasteiger charge is -2.01. The van der Waals surface area contributed by atoms with Crippen molar-refractivity contribution in [1.82, 2.24) is 19.1 Å². The van der Waals surface area contributed by atoms with Crippen LogP contribution in [0.1, 0.15) is 5.56 Å². The Bertz CT molecular complexity index is 980. The molecule has 0 amide bonds. The van der Waals surface area contributed by atoms with Gasteiger partial charge in [0.05, 0.1) is 18.3 Å². The molecule has 2 aromatic heterocycles. The number of hydrogen-bond acceptors (Lipinski definition) is 5. The second kappa shape index (κ2) is 6.82. The molecule has 0 bridgehead atoms. The van der Waals surface area contributed by atoms with Crippen molar-refractivity contribution < 1.29 is 4.39 Å². The molecule has 0 saturated heterocycles. The van der Waals surface area contributed by atoms with Crippen LogP contribution in [0.3, 0.4) is 0 Å². The Morgan fingerprint density at radius 3 is 2.80 bits per heavy atom. The van der Waals surface area contributed by atoms with E-state index in [0.29, 0.717) is 12.4 Å². The molecule has 0 radical (unpaired) electrons. The zero-order chi connectivity index (χ0) is 17.1. The fourth-order valence-corrected chi connectivity index (χ4v) is 3.03. The van der Waals surface area contributed by atoms with Crippen LogP contribution in [0.25, 0.3) is 11.4 Å². The van der Waals surface area contributed by atoms with Crippen LogP contribution in [0, 0.1) is 5.82 Å². The van der Waals surface area contributed by atoms with Crippen LogP contribution >= 0.6 is 11.5 Å². The minimum atomic E-state index is -0.248. The highest BCUT2D eigenvalue weighted by atomic mass is 32.1. The van der Waals surface area contributed by atoms with Gasteiger partial charge < -0.3 is 5.32 Å². The highest BCUT2D eigenvalue weighted by molar-refractivity contribution is 7.09. The van der Waals surface area contributed by atoms with Gasteiger partial charge in [-0.25, -0.2) is 4.39 Å². The first-order chi connectivity index (χ1) is 12.3. The summed E-state index contributed by atoms with van der Waals surface area (Å²) >= 11 is 1.30. The second-order valence-electron chi connectivity index (χ2n) is 5.47. The van der Waals surface area contributed by atoms with Gasteiger partial charge in [-0.15, -0.1) is 0 Å². The number of halogens is 1. The number of nitrogens with zero attached hydrogens (tertiary/aromatic N) is 4. The van der Waals surface area contributed by atoms with E-state index in [1.165, 1.54) is 23.7 Å². The largest absolute Gasteiger partial charge is 0.330 e. The van der Waals surface area contributed by atoms with E-state index in [1.807, 2.05) is 42.6 Å². The Labute approximate surface area is 148 Å². The van der Waals surface area contributed by atoms with Gasteiger partial charge in [0.1, 0.15) is 5.82 Å². The molecule has 0 fully saturated rings. The molecule has 0 aliphatic rings. The Kier molecular flexibility index (Phi) is 4.22. The number of rotatable bonds is 5. The maximum atomic E-state index is 13.3. The number of hydrogen-bond donors (Lipinski definition) is 1. The number of para-hydroxylation sites is 1. The second-order valence-corrected chi connectivity index (χ2v) is 6.22. The van der Waals surface area contributed by atoms with Crippen LogP contribution in [0.4, 0.5) is 15.2 Å². The Morgan fingerprint density at radius 2 is 1.96 bits per heavy atom. The van der Waals surface area contributed by atoms with Gasteiger partial charge in [0.25, 0.3) is 0 Å². The number of anilines is 2. The normalized spacial score (nSPS) is 10.8. The molecule has 1 N–H and O–H groups in total. The molecule has 4 aromatic rings. The van der Waals surface area contributed by atoms with Crippen molar-refractivity contribution in [3.63, 3.8) is 0 Å². The molecule has 0 aliphatic heterocycles. The minimum Gasteiger partial charge on any atom is -0.330 e. The average molecular weight is 351 g/mol. The minimum absolute atomic E-state index is 0.248. The van der Waals surface area contributed by atoms with Gasteiger partial charge in [-0.05, 0) is 29.8 Å². The van der Waals surface area contributed by atoms with Crippen molar-refractivity contribution >= 4 is 22.4 Å². The molecule has 0 aliphatic carbocycles. The highest BCUT2D eigenvalue weighted by Gasteiger charge is 2.09.